The molecule has 0 amide bonds. The van der Waals surface area contributed by atoms with Gasteiger partial charge >= 0.3 is 11.9 Å². The number of aliphatic hydroxyl groups is 2. The largest absolute Gasteiger partial charge is 0.459 e. The highest BCUT2D eigenvalue weighted by molar-refractivity contribution is 5.73. The predicted molar refractivity (Wildman–Crippen MR) is 161 cm³/mol. The van der Waals surface area contributed by atoms with E-state index in [1.54, 1.807) is 13.8 Å². The molecule has 0 aromatic heterocycles. The average Bonchev–Trinajstić information content (AvgIpc) is 2.89. The number of aliphatic hydroxyl groups excluding tert-OH is 1. The maximum absolute atomic E-state index is 13.6. The number of methoxy groups -OCH3 is 1. The molecular weight excluding hydrogens is 542 g/mol. The zero-order chi connectivity index (χ0) is 32.2. The molecule has 0 aliphatic carbocycles. The first-order valence-electron chi connectivity index (χ1n) is 15.9. The Labute approximate surface area is 254 Å². The third-order valence-corrected chi connectivity index (χ3v) is 8.48. The first-order valence-corrected chi connectivity index (χ1v) is 15.9. The fourth-order valence-corrected chi connectivity index (χ4v) is 6.43. The summed E-state index contributed by atoms with van der Waals surface area (Å²) in [6.45, 7) is 19.5. The van der Waals surface area contributed by atoms with Crippen LogP contribution in [0.15, 0.2) is 0 Å². The summed E-state index contributed by atoms with van der Waals surface area (Å²) in [4.78, 5) is 27.2. The van der Waals surface area contributed by atoms with Crippen LogP contribution in [0.3, 0.4) is 0 Å². The van der Waals surface area contributed by atoms with Crippen LogP contribution in [-0.4, -0.2) is 90.0 Å². The standard InChI is InChI=1S/C32H61NO9/c1-12-14-28(39-25(8)31(38-11)40-26(9)35)42-29-22(5)15-20(3)16-23(6)33(19-34)18-21(4)17-32(10,37)27(13-2)41-30(36)24(29)7/h20-25,27-29,31,34,37H,12-19H2,1-11H3/t20?,21-,22?,23-,24?,25+,27?,28?,29?,31?,32+/m1/s1. The second-order valence-electron chi connectivity index (χ2n) is 13.0. The number of cyclic esters (lactones) is 1. The van der Waals surface area contributed by atoms with Crippen molar-refractivity contribution in [1.29, 1.82) is 0 Å². The van der Waals surface area contributed by atoms with Gasteiger partial charge in [-0.1, -0.05) is 41.0 Å². The van der Waals surface area contributed by atoms with Crippen molar-refractivity contribution in [3.05, 3.63) is 0 Å². The molecule has 7 unspecified atom stereocenters. The number of rotatable bonds is 11. The van der Waals surface area contributed by atoms with Gasteiger partial charge in [0.1, 0.15) is 12.2 Å². The normalized spacial score (nSPS) is 34.9. The number of carbonyl (C=O) groups is 2. The van der Waals surface area contributed by atoms with Crippen LogP contribution in [0.25, 0.3) is 0 Å². The van der Waals surface area contributed by atoms with Crippen molar-refractivity contribution < 1.29 is 43.5 Å². The van der Waals surface area contributed by atoms with Crippen LogP contribution in [0.2, 0.25) is 0 Å². The van der Waals surface area contributed by atoms with Crippen molar-refractivity contribution in [2.45, 2.75) is 150 Å². The summed E-state index contributed by atoms with van der Waals surface area (Å²) in [6.07, 6.45) is 0.469. The van der Waals surface area contributed by atoms with Crippen LogP contribution >= 0.6 is 0 Å². The van der Waals surface area contributed by atoms with E-state index >= 15 is 0 Å². The van der Waals surface area contributed by atoms with Crippen molar-refractivity contribution >= 4 is 11.9 Å². The minimum absolute atomic E-state index is 0.0353. The lowest BCUT2D eigenvalue weighted by Crippen LogP contribution is -2.47. The summed E-state index contributed by atoms with van der Waals surface area (Å²) in [5, 5.41) is 21.6. The molecule has 1 saturated heterocycles. The van der Waals surface area contributed by atoms with Crippen LogP contribution in [0.1, 0.15) is 108 Å². The predicted octanol–water partition coefficient (Wildman–Crippen LogP) is 4.88. The van der Waals surface area contributed by atoms with E-state index in [-0.39, 0.29) is 30.5 Å². The molecular formula is C32H61NO9. The summed E-state index contributed by atoms with van der Waals surface area (Å²) < 4.78 is 29.4. The van der Waals surface area contributed by atoms with E-state index in [1.807, 2.05) is 25.7 Å². The fourth-order valence-electron chi connectivity index (χ4n) is 6.43. The lowest BCUT2D eigenvalue weighted by molar-refractivity contribution is -0.260. The molecule has 10 heteroatoms. The molecule has 1 fully saturated rings. The SMILES string of the molecule is CCCC(OC1C(C)CC(C)C[C@@H](C)N(CO)C[C@H](C)C[C@](C)(O)C(CC)OC(=O)C1C)O[C@@H](C)C(OC)OC(C)=O. The second-order valence-corrected chi connectivity index (χ2v) is 13.0. The number of hydrogen-bond acceptors (Lipinski definition) is 10. The van der Waals surface area contributed by atoms with Crippen molar-refractivity contribution in [2.75, 3.05) is 20.4 Å². The Hall–Kier alpha value is -1.30. The molecule has 10 nitrogen and oxygen atoms in total. The average molecular weight is 604 g/mol. The molecule has 0 aromatic carbocycles. The van der Waals surface area contributed by atoms with Crippen LogP contribution in [0.5, 0.6) is 0 Å². The monoisotopic (exact) mass is 603 g/mol. The summed E-state index contributed by atoms with van der Waals surface area (Å²) in [5.41, 5.74) is -1.24. The Kier molecular flexibility index (Phi) is 17.1. The van der Waals surface area contributed by atoms with Crippen molar-refractivity contribution in [3.63, 3.8) is 0 Å². The zero-order valence-corrected chi connectivity index (χ0v) is 28.1. The number of esters is 2. The molecule has 0 saturated carbocycles. The molecule has 42 heavy (non-hydrogen) atoms. The van der Waals surface area contributed by atoms with E-state index in [9.17, 15) is 19.8 Å². The summed E-state index contributed by atoms with van der Waals surface area (Å²) in [5.74, 6) is -1.19. The lowest BCUT2D eigenvalue weighted by Gasteiger charge is -2.37. The highest BCUT2D eigenvalue weighted by Gasteiger charge is 2.40. The quantitative estimate of drug-likeness (QED) is 0.249. The first kappa shape index (κ1) is 38.7. The summed E-state index contributed by atoms with van der Waals surface area (Å²) in [6, 6.07) is 0.135. The Bertz CT molecular complexity index is 794. The topological polar surface area (TPSA) is 124 Å². The third-order valence-electron chi connectivity index (χ3n) is 8.48. The van der Waals surface area contributed by atoms with Crippen LogP contribution in [0.4, 0.5) is 0 Å². The van der Waals surface area contributed by atoms with Gasteiger partial charge in [-0.3, -0.25) is 14.5 Å². The first-order chi connectivity index (χ1) is 19.6. The minimum Gasteiger partial charge on any atom is -0.459 e. The van der Waals surface area contributed by atoms with E-state index in [1.165, 1.54) is 14.0 Å². The van der Waals surface area contributed by atoms with E-state index in [4.69, 9.17) is 23.7 Å². The van der Waals surface area contributed by atoms with Crippen molar-refractivity contribution in [1.82, 2.24) is 4.90 Å². The van der Waals surface area contributed by atoms with Crippen LogP contribution in [-0.2, 0) is 33.3 Å². The van der Waals surface area contributed by atoms with Gasteiger partial charge < -0.3 is 33.9 Å². The minimum atomic E-state index is -1.24. The highest BCUT2D eigenvalue weighted by Crippen LogP contribution is 2.32. The van der Waals surface area contributed by atoms with E-state index in [2.05, 4.69) is 27.7 Å². The van der Waals surface area contributed by atoms with Gasteiger partial charge in [0.25, 0.3) is 0 Å². The van der Waals surface area contributed by atoms with Gasteiger partial charge in [0.15, 0.2) is 6.29 Å². The smallest absolute Gasteiger partial charge is 0.311 e. The maximum atomic E-state index is 13.6. The molecule has 1 rings (SSSR count). The fraction of sp³-hybridized carbons (Fsp3) is 0.938. The van der Waals surface area contributed by atoms with Gasteiger partial charge in [-0.25, -0.2) is 0 Å². The maximum Gasteiger partial charge on any atom is 0.311 e. The zero-order valence-electron chi connectivity index (χ0n) is 28.1. The van der Waals surface area contributed by atoms with Gasteiger partial charge in [0.2, 0.25) is 6.29 Å². The third kappa shape index (κ3) is 12.4. The molecule has 0 radical (unpaired) electrons. The van der Waals surface area contributed by atoms with Gasteiger partial charge in [-0.2, -0.15) is 0 Å². The molecule has 1 aliphatic rings. The summed E-state index contributed by atoms with van der Waals surface area (Å²) in [7, 11) is 1.45. The molecule has 0 aromatic rings. The Morgan fingerprint density at radius 1 is 1.14 bits per heavy atom. The molecule has 1 aliphatic heterocycles. The van der Waals surface area contributed by atoms with Crippen molar-refractivity contribution in [3.8, 4) is 0 Å². The van der Waals surface area contributed by atoms with Gasteiger partial charge in [-0.05, 0) is 77.6 Å². The van der Waals surface area contributed by atoms with Gasteiger partial charge in [0.05, 0.1) is 24.4 Å². The molecule has 11 atom stereocenters. The Morgan fingerprint density at radius 2 is 1.79 bits per heavy atom. The van der Waals surface area contributed by atoms with E-state index in [0.717, 1.165) is 19.3 Å². The lowest BCUT2D eigenvalue weighted by atomic mass is 9.84. The number of carbonyl (C=O) groups excluding carboxylic acids is 2. The number of ether oxygens (including phenoxy) is 5. The molecule has 2 N–H and O–H groups in total. The Balaban J connectivity index is 3.38. The highest BCUT2D eigenvalue weighted by atomic mass is 16.7. The Morgan fingerprint density at radius 3 is 2.31 bits per heavy atom. The second kappa shape index (κ2) is 18.5. The van der Waals surface area contributed by atoms with E-state index in [0.29, 0.717) is 25.8 Å². The van der Waals surface area contributed by atoms with Crippen LogP contribution in [0, 0.1) is 23.7 Å². The number of hydrogen-bond donors (Lipinski definition) is 2. The molecule has 0 bridgehead atoms. The van der Waals surface area contributed by atoms with Crippen LogP contribution < -0.4 is 0 Å². The van der Waals surface area contributed by atoms with Crippen molar-refractivity contribution in [2.24, 2.45) is 23.7 Å². The van der Waals surface area contributed by atoms with E-state index < -0.39 is 54.3 Å². The van der Waals surface area contributed by atoms with Gasteiger partial charge in [0, 0.05) is 26.6 Å². The molecule has 248 valence electrons. The number of nitrogens with zero attached hydrogens (tertiary/aromatic N) is 1. The molecule has 0 spiro atoms. The summed E-state index contributed by atoms with van der Waals surface area (Å²) >= 11 is 0. The molecule has 1 heterocycles. The van der Waals surface area contributed by atoms with Gasteiger partial charge in [-0.15, -0.1) is 0 Å².